The van der Waals surface area contributed by atoms with Crippen LogP contribution in [0.5, 0.6) is 0 Å². The molecule has 2 aromatic carbocycles. The maximum Gasteiger partial charge on any atom is 0.338 e. The lowest BCUT2D eigenvalue weighted by atomic mass is 10.1. The Morgan fingerprint density at radius 2 is 1.75 bits per heavy atom. The van der Waals surface area contributed by atoms with Crippen molar-refractivity contribution < 1.29 is 22.9 Å². The number of nitro groups is 1. The number of pyridine rings is 1. The molecule has 0 bridgehead atoms. The molecule has 10 nitrogen and oxygen atoms in total. The molecule has 1 N–H and O–H groups in total. The molecule has 0 spiro atoms. The van der Waals surface area contributed by atoms with Gasteiger partial charge in [0.2, 0.25) is 0 Å². The van der Waals surface area contributed by atoms with Gasteiger partial charge in [0.1, 0.15) is 11.8 Å². The smallest absolute Gasteiger partial charge is 0.338 e. The molecule has 0 aliphatic heterocycles. The number of carbonyl (C=O) groups is 1. The van der Waals surface area contributed by atoms with E-state index in [4.69, 9.17) is 4.74 Å². The number of hydrogen-bond acceptors (Lipinski definition) is 8. The Morgan fingerprint density at radius 3 is 2.36 bits per heavy atom. The standard InChI is InChI=1S/C25H24N4O6S/c1-25(2,3)35-24(30)17-9-11-18(12-10-17)26-15-21-20-13-14-28(23(20)27-16-22(21)29(31)32)36(33,34)19-7-5-4-6-8-19/h4-14,16,26H,15H2,1-3H3. The third-order valence-electron chi connectivity index (χ3n) is 5.26. The predicted octanol–water partition coefficient (Wildman–Crippen LogP) is 4.75. The van der Waals surface area contributed by atoms with Crippen molar-refractivity contribution in [3.05, 3.63) is 94.3 Å². The minimum Gasteiger partial charge on any atom is -0.456 e. The van der Waals surface area contributed by atoms with Gasteiger partial charge in [0.25, 0.3) is 15.7 Å². The molecule has 36 heavy (non-hydrogen) atoms. The van der Waals surface area contributed by atoms with Crippen LogP contribution in [-0.2, 0) is 21.3 Å². The molecule has 0 fully saturated rings. The monoisotopic (exact) mass is 508 g/mol. The minimum atomic E-state index is -3.95. The van der Waals surface area contributed by atoms with Gasteiger partial charge in [-0.15, -0.1) is 0 Å². The summed E-state index contributed by atoms with van der Waals surface area (Å²) in [6, 6.07) is 15.9. The summed E-state index contributed by atoms with van der Waals surface area (Å²) in [5.74, 6) is -0.457. The molecule has 0 aliphatic rings. The molecule has 0 aliphatic carbocycles. The van der Waals surface area contributed by atoms with E-state index in [0.29, 0.717) is 16.6 Å². The van der Waals surface area contributed by atoms with Gasteiger partial charge in [-0.05, 0) is 63.2 Å². The third kappa shape index (κ3) is 5.05. The third-order valence-corrected chi connectivity index (χ3v) is 6.94. The van der Waals surface area contributed by atoms with Crippen LogP contribution in [0.3, 0.4) is 0 Å². The molecular weight excluding hydrogens is 484 g/mol. The number of ether oxygens (including phenoxy) is 1. The van der Waals surface area contributed by atoms with Gasteiger partial charge >= 0.3 is 5.97 Å². The van der Waals surface area contributed by atoms with Gasteiger partial charge in [0.05, 0.1) is 20.9 Å². The number of nitrogens with zero attached hydrogens (tertiary/aromatic N) is 3. The molecule has 4 aromatic rings. The first-order chi connectivity index (χ1) is 17.0. The molecule has 0 saturated heterocycles. The summed E-state index contributed by atoms with van der Waals surface area (Å²) >= 11 is 0. The summed E-state index contributed by atoms with van der Waals surface area (Å²) in [6.45, 7) is 5.36. The second-order valence-electron chi connectivity index (χ2n) is 8.98. The summed E-state index contributed by atoms with van der Waals surface area (Å²) in [5, 5.41) is 15.1. The number of hydrogen-bond donors (Lipinski definition) is 1. The van der Waals surface area contributed by atoms with Gasteiger partial charge in [0, 0.05) is 23.8 Å². The predicted molar refractivity (Wildman–Crippen MR) is 134 cm³/mol. The number of benzene rings is 2. The fourth-order valence-electron chi connectivity index (χ4n) is 3.60. The molecule has 2 heterocycles. The Labute approximate surface area is 207 Å². The van der Waals surface area contributed by atoms with Gasteiger partial charge in [-0.25, -0.2) is 22.2 Å². The van der Waals surface area contributed by atoms with Crippen molar-refractivity contribution in [2.24, 2.45) is 0 Å². The van der Waals surface area contributed by atoms with Crippen molar-refractivity contribution in [1.29, 1.82) is 0 Å². The van der Waals surface area contributed by atoms with Crippen LogP contribution in [-0.4, -0.2) is 33.9 Å². The van der Waals surface area contributed by atoms with E-state index in [-0.39, 0.29) is 28.3 Å². The molecule has 0 radical (unpaired) electrons. The highest BCUT2D eigenvalue weighted by Gasteiger charge is 2.25. The maximum absolute atomic E-state index is 13.1. The molecule has 2 aromatic heterocycles. The van der Waals surface area contributed by atoms with Crippen LogP contribution in [0.15, 0.2) is 78.0 Å². The average Bonchev–Trinajstić information content (AvgIpc) is 3.27. The van der Waals surface area contributed by atoms with Crippen molar-refractivity contribution in [2.75, 3.05) is 5.32 Å². The summed E-state index contributed by atoms with van der Waals surface area (Å²) in [7, 11) is -3.95. The van der Waals surface area contributed by atoms with Crippen molar-refractivity contribution in [1.82, 2.24) is 8.96 Å². The molecule has 0 atom stereocenters. The van der Waals surface area contributed by atoms with Crippen LogP contribution in [0, 0.1) is 10.1 Å². The normalized spacial score (nSPS) is 11.9. The van der Waals surface area contributed by atoms with E-state index >= 15 is 0 Å². The van der Waals surface area contributed by atoms with Crippen molar-refractivity contribution in [2.45, 2.75) is 37.8 Å². The first-order valence-corrected chi connectivity index (χ1v) is 12.4. The zero-order chi connectivity index (χ0) is 26.1. The van der Waals surface area contributed by atoms with E-state index < -0.39 is 26.5 Å². The topological polar surface area (TPSA) is 133 Å². The summed E-state index contributed by atoms with van der Waals surface area (Å²) in [5.41, 5.74) is 0.484. The number of aromatic nitrogens is 2. The first kappa shape index (κ1) is 24.9. The van der Waals surface area contributed by atoms with Crippen LogP contribution in [0.25, 0.3) is 11.0 Å². The van der Waals surface area contributed by atoms with Gasteiger partial charge in [-0.2, -0.15) is 0 Å². The van der Waals surface area contributed by atoms with E-state index in [1.807, 2.05) is 0 Å². The lowest BCUT2D eigenvalue weighted by Gasteiger charge is -2.19. The Morgan fingerprint density at radius 1 is 1.08 bits per heavy atom. The fraction of sp³-hybridized carbons (Fsp3) is 0.200. The molecule has 0 unspecified atom stereocenters. The molecule has 0 amide bonds. The van der Waals surface area contributed by atoms with Gasteiger partial charge in [0.15, 0.2) is 5.65 Å². The van der Waals surface area contributed by atoms with Crippen LogP contribution < -0.4 is 5.32 Å². The number of carbonyl (C=O) groups excluding carboxylic acids is 1. The van der Waals surface area contributed by atoms with Gasteiger partial charge in [-0.1, -0.05) is 18.2 Å². The largest absolute Gasteiger partial charge is 0.456 e. The van der Waals surface area contributed by atoms with Crippen LogP contribution in [0.2, 0.25) is 0 Å². The van der Waals surface area contributed by atoms with E-state index in [2.05, 4.69) is 10.3 Å². The van der Waals surface area contributed by atoms with Crippen LogP contribution in [0.1, 0.15) is 36.7 Å². The number of nitrogens with one attached hydrogen (secondary N) is 1. The Bertz CT molecular complexity index is 1540. The van der Waals surface area contributed by atoms with E-state index in [9.17, 15) is 23.3 Å². The zero-order valence-corrected chi connectivity index (χ0v) is 20.7. The molecule has 0 saturated carbocycles. The van der Waals surface area contributed by atoms with Gasteiger partial charge in [-0.3, -0.25) is 10.1 Å². The highest BCUT2D eigenvalue weighted by molar-refractivity contribution is 7.90. The fourth-order valence-corrected chi connectivity index (χ4v) is 4.92. The summed E-state index contributed by atoms with van der Waals surface area (Å²) in [4.78, 5) is 27.5. The lowest BCUT2D eigenvalue weighted by molar-refractivity contribution is -0.385. The summed E-state index contributed by atoms with van der Waals surface area (Å²) in [6.07, 6.45) is 2.39. The lowest BCUT2D eigenvalue weighted by Crippen LogP contribution is -2.23. The second kappa shape index (κ2) is 9.42. The maximum atomic E-state index is 13.1. The van der Waals surface area contributed by atoms with Crippen molar-refractivity contribution >= 4 is 38.4 Å². The Balaban J connectivity index is 1.65. The SMILES string of the molecule is CC(C)(C)OC(=O)c1ccc(NCc2c([N+](=O)[O-])cnc3c2ccn3S(=O)(=O)c2ccccc2)cc1. The number of fused-ring (bicyclic) bond motifs is 1. The highest BCUT2D eigenvalue weighted by Crippen LogP contribution is 2.30. The molecule has 4 rings (SSSR count). The second-order valence-corrected chi connectivity index (χ2v) is 10.8. The van der Waals surface area contributed by atoms with Crippen LogP contribution >= 0.6 is 0 Å². The van der Waals surface area contributed by atoms with E-state index in [0.717, 1.165) is 10.2 Å². The average molecular weight is 509 g/mol. The number of anilines is 1. The quantitative estimate of drug-likeness (QED) is 0.215. The molecule has 186 valence electrons. The van der Waals surface area contributed by atoms with E-state index in [1.54, 1.807) is 63.2 Å². The minimum absolute atomic E-state index is 0.0243. The van der Waals surface area contributed by atoms with Crippen molar-refractivity contribution in [3.8, 4) is 0 Å². The van der Waals surface area contributed by atoms with Crippen molar-refractivity contribution in [3.63, 3.8) is 0 Å². The molecular formula is C25H24N4O6S. The Hall–Kier alpha value is -4.25. The highest BCUT2D eigenvalue weighted by atomic mass is 32.2. The summed E-state index contributed by atoms with van der Waals surface area (Å²) < 4.78 is 32.6. The number of rotatable bonds is 7. The zero-order valence-electron chi connectivity index (χ0n) is 19.8. The molecule has 11 heteroatoms. The van der Waals surface area contributed by atoms with E-state index in [1.165, 1.54) is 24.4 Å². The Kier molecular flexibility index (Phi) is 6.51. The first-order valence-electron chi connectivity index (χ1n) is 11.0. The van der Waals surface area contributed by atoms with Crippen LogP contribution in [0.4, 0.5) is 11.4 Å². The number of esters is 1. The van der Waals surface area contributed by atoms with Gasteiger partial charge < -0.3 is 10.1 Å².